The molecule has 0 amide bonds. The average molecular weight is 360 g/mol. The highest BCUT2D eigenvalue weighted by Gasteiger charge is 2.19. The molecule has 1 aromatic carbocycles. The number of benzene rings is 1. The Morgan fingerprint density at radius 1 is 1.21 bits per heavy atom. The number of rotatable bonds is 10. The Kier molecular flexibility index (Phi) is 8.06. The lowest BCUT2D eigenvalue weighted by Crippen LogP contribution is -2.22. The van der Waals surface area contributed by atoms with Crippen molar-refractivity contribution in [1.82, 2.24) is 0 Å². The molecule has 0 aliphatic carbocycles. The van der Waals surface area contributed by atoms with Gasteiger partial charge in [0.25, 0.3) is 0 Å². The van der Waals surface area contributed by atoms with E-state index in [-0.39, 0.29) is 24.4 Å². The number of Topliss-reactive ketones (excluding diaryl/α,β-unsaturated/α-hetero) is 1. The molecule has 0 bridgehead atoms. The van der Waals surface area contributed by atoms with Crippen LogP contribution in [0.25, 0.3) is 0 Å². The number of phosphoric acid groups is 1. The molecule has 0 saturated carbocycles. The van der Waals surface area contributed by atoms with Crippen LogP contribution in [0.5, 0.6) is 5.75 Å². The highest BCUT2D eigenvalue weighted by molar-refractivity contribution is 7.47. The summed E-state index contributed by atoms with van der Waals surface area (Å²) in [5.74, 6) is 0.339. The molecule has 1 aromatic rings. The van der Waals surface area contributed by atoms with E-state index < -0.39 is 7.82 Å². The van der Waals surface area contributed by atoms with E-state index in [0.717, 1.165) is 7.11 Å². The zero-order valence-corrected chi connectivity index (χ0v) is 15.4. The topological polar surface area (TPSA) is 91.3 Å². The van der Waals surface area contributed by atoms with Crippen molar-refractivity contribution in [3.05, 3.63) is 29.8 Å². The van der Waals surface area contributed by atoms with Crippen molar-refractivity contribution in [2.24, 2.45) is 0 Å². The van der Waals surface area contributed by atoms with Crippen LogP contribution in [0.3, 0.4) is 0 Å². The Morgan fingerprint density at radius 3 is 2.54 bits per heavy atom. The molecule has 24 heavy (non-hydrogen) atoms. The number of hydrogen-bond acceptors (Lipinski definition) is 6. The molecule has 8 heteroatoms. The lowest BCUT2D eigenvalue weighted by Gasteiger charge is -2.19. The third kappa shape index (κ3) is 8.57. The molecule has 1 rings (SSSR count). The number of carbonyl (C=O) groups excluding carboxylic acids is 1. The van der Waals surface area contributed by atoms with Gasteiger partial charge in [-0.05, 0) is 32.9 Å². The molecule has 136 valence electrons. The van der Waals surface area contributed by atoms with Crippen molar-refractivity contribution in [3.63, 3.8) is 0 Å². The van der Waals surface area contributed by atoms with E-state index in [4.69, 9.17) is 14.4 Å². The van der Waals surface area contributed by atoms with Crippen molar-refractivity contribution in [2.75, 3.05) is 26.9 Å². The van der Waals surface area contributed by atoms with Gasteiger partial charge in [0, 0.05) is 19.1 Å². The van der Waals surface area contributed by atoms with Crippen LogP contribution in [-0.2, 0) is 18.3 Å². The van der Waals surface area contributed by atoms with Crippen LogP contribution >= 0.6 is 7.82 Å². The minimum atomic E-state index is -4.05. The summed E-state index contributed by atoms with van der Waals surface area (Å²) in [6.07, 6.45) is -0.0372. The first-order valence-corrected chi connectivity index (χ1v) is 9.05. The van der Waals surface area contributed by atoms with Gasteiger partial charge in [-0.15, -0.1) is 0 Å². The van der Waals surface area contributed by atoms with Crippen LogP contribution in [0.1, 0.15) is 37.6 Å². The molecule has 1 N–H and O–H groups in total. The largest absolute Gasteiger partial charge is 0.491 e. The monoisotopic (exact) mass is 360 g/mol. The van der Waals surface area contributed by atoms with Crippen LogP contribution in [0.15, 0.2) is 24.3 Å². The normalized spacial score (nSPS) is 14.2. The zero-order chi connectivity index (χ0) is 18.2. The Labute approximate surface area is 142 Å². The van der Waals surface area contributed by atoms with Crippen molar-refractivity contribution < 1.29 is 32.8 Å². The fourth-order valence-corrected chi connectivity index (χ4v) is 2.14. The van der Waals surface area contributed by atoms with E-state index in [9.17, 15) is 9.36 Å². The molecule has 0 radical (unpaired) electrons. The average Bonchev–Trinajstić information content (AvgIpc) is 2.51. The first kappa shape index (κ1) is 20.8. The minimum absolute atomic E-state index is 0.0372. The summed E-state index contributed by atoms with van der Waals surface area (Å²) in [6.45, 7) is 6.50. The molecule has 0 fully saturated rings. The highest BCUT2D eigenvalue weighted by Crippen LogP contribution is 2.41. The molecule has 0 heterocycles. The molecule has 0 aliphatic rings. The molecule has 0 aliphatic heterocycles. The van der Waals surface area contributed by atoms with Gasteiger partial charge >= 0.3 is 7.82 Å². The Balaban J connectivity index is 2.46. The van der Waals surface area contributed by atoms with Crippen molar-refractivity contribution in [1.29, 1.82) is 0 Å². The first-order chi connectivity index (χ1) is 11.1. The summed E-state index contributed by atoms with van der Waals surface area (Å²) >= 11 is 0. The fraction of sp³-hybridized carbons (Fsp3) is 0.562. The van der Waals surface area contributed by atoms with Crippen LogP contribution < -0.4 is 4.74 Å². The fourth-order valence-electron chi connectivity index (χ4n) is 1.72. The molecular weight excluding hydrogens is 335 g/mol. The Bertz CT molecular complexity index is 580. The maximum absolute atomic E-state index is 12.1. The zero-order valence-electron chi connectivity index (χ0n) is 14.5. The maximum Gasteiger partial charge on any atom is 0.471 e. The maximum atomic E-state index is 12.1. The van der Waals surface area contributed by atoms with Gasteiger partial charge < -0.3 is 14.4 Å². The predicted molar refractivity (Wildman–Crippen MR) is 89.4 cm³/mol. The minimum Gasteiger partial charge on any atom is -0.491 e. The van der Waals surface area contributed by atoms with E-state index >= 15 is 0 Å². The van der Waals surface area contributed by atoms with Gasteiger partial charge in [0.15, 0.2) is 5.78 Å². The van der Waals surface area contributed by atoms with Crippen molar-refractivity contribution in [2.45, 2.75) is 32.8 Å². The second-order valence-corrected chi connectivity index (χ2v) is 7.56. The molecule has 1 atom stereocenters. The van der Waals surface area contributed by atoms with Gasteiger partial charge in [-0.2, -0.15) is 0 Å². The molecular formula is C16H25O7P. The van der Waals surface area contributed by atoms with E-state index in [1.54, 1.807) is 24.3 Å². The third-order valence-corrected chi connectivity index (χ3v) is 3.83. The number of hydrogen-bond donors (Lipinski definition) is 1. The standard InChI is InChI=1S/C16H25O7P/c1-16(2,3)22-11-10-21-14-7-5-6-13(12-14)15(17)8-9-23-24(18,19)20-4/h5-7,12H,8-11H2,1-4H3,(H,18,19). The van der Waals surface area contributed by atoms with Crippen molar-refractivity contribution in [3.8, 4) is 5.75 Å². The summed E-state index contributed by atoms with van der Waals surface area (Å²) in [6, 6.07) is 6.72. The van der Waals surface area contributed by atoms with Gasteiger partial charge in [0.05, 0.1) is 18.8 Å². The predicted octanol–water partition coefficient (Wildman–Crippen LogP) is 3.22. The lowest BCUT2D eigenvalue weighted by atomic mass is 10.1. The van der Waals surface area contributed by atoms with Crippen LogP contribution in [0.4, 0.5) is 0 Å². The number of ether oxygens (including phenoxy) is 2. The van der Waals surface area contributed by atoms with E-state index in [1.807, 2.05) is 20.8 Å². The smallest absolute Gasteiger partial charge is 0.471 e. The Hall–Kier alpha value is -1.24. The lowest BCUT2D eigenvalue weighted by molar-refractivity contribution is -0.0163. The van der Waals surface area contributed by atoms with Crippen LogP contribution in [0.2, 0.25) is 0 Å². The number of phosphoric ester groups is 1. The van der Waals surface area contributed by atoms with Crippen molar-refractivity contribution >= 4 is 13.6 Å². The van der Waals surface area contributed by atoms with E-state index in [1.165, 1.54) is 0 Å². The van der Waals surface area contributed by atoms with Gasteiger partial charge in [0.1, 0.15) is 12.4 Å². The third-order valence-electron chi connectivity index (χ3n) is 2.86. The number of ketones is 1. The van der Waals surface area contributed by atoms with Gasteiger partial charge in [-0.25, -0.2) is 4.57 Å². The summed E-state index contributed by atoms with van der Waals surface area (Å²) in [4.78, 5) is 21.2. The van der Waals surface area contributed by atoms with Gasteiger partial charge in [0.2, 0.25) is 0 Å². The molecule has 1 unspecified atom stereocenters. The second-order valence-electron chi connectivity index (χ2n) is 5.99. The Morgan fingerprint density at radius 2 is 1.92 bits per heavy atom. The summed E-state index contributed by atoms with van der Waals surface area (Å²) < 4.78 is 31.2. The molecule has 0 aromatic heterocycles. The molecule has 7 nitrogen and oxygen atoms in total. The van der Waals surface area contributed by atoms with E-state index in [0.29, 0.717) is 24.5 Å². The van der Waals surface area contributed by atoms with Crippen LogP contribution in [-0.4, -0.2) is 43.2 Å². The molecule has 0 saturated heterocycles. The van der Waals surface area contributed by atoms with Crippen LogP contribution in [0, 0.1) is 0 Å². The quantitative estimate of drug-likeness (QED) is 0.389. The van der Waals surface area contributed by atoms with Gasteiger partial charge in [-0.3, -0.25) is 13.8 Å². The van der Waals surface area contributed by atoms with E-state index in [2.05, 4.69) is 9.05 Å². The number of carbonyl (C=O) groups is 1. The highest BCUT2D eigenvalue weighted by atomic mass is 31.2. The summed E-state index contributed by atoms with van der Waals surface area (Å²) in [5, 5.41) is 0. The SMILES string of the molecule is COP(=O)(O)OCCC(=O)c1cccc(OCCOC(C)(C)C)c1. The summed E-state index contributed by atoms with van der Waals surface area (Å²) in [7, 11) is -2.99. The summed E-state index contributed by atoms with van der Waals surface area (Å²) in [5.41, 5.74) is 0.216. The first-order valence-electron chi connectivity index (χ1n) is 7.56. The second kappa shape index (κ2) is 9.30. The molecule has 0 spiro atoms. The van der Waals surface area contributed by atoms with Gasteiger partial charge in [-0.1, -0.05) is 12.1 Å².